The van der Waals surface area contributed by atoms with Gasteiger partial charge < -0.3 is 24.5 Å². The fourth-order valence-corrected chi connectivity index (χ4v) is 5.23. The number of carbonyl (C=O) groups excluding carboxylic acids is 2. The second kappa shape index (κ2) is 10.6. The van der Waals surface area contributed by atoms with Gasteiger partial charge in [-0.05, 0) is 43.5 Å². The van der Waals surface area contributed by atoms with E-state index >= 15 is 0 Å². The van der Waals surface area contributed by atoms with Crippen molar-refractivity contribution in [3.63, 3.8) is 0 Å². The Kier molecular flexibility index (Phi) is 7.48. The normalized spacial score (nSPS) is 18.4. The average molecular weight is 650 g/mol. The van der Waals surface area contributed by atoms with Gasteiger partial charge in [-0.25, -0.2) is 14.2 Å². The molecule has 4 heterocycles. The van der Waals surface area contributed by atoms with Crippen LogP contribution < -0.4 is 16.2 Å². The highest BCUT2D eigenvalue weighted by Gasteiger charge is 2.45. The number of aromatic nitrogens is 2. The van der Waals surface area contributed by atoms with E-state index in [1.165, 1.54) is 10.6 Å². The van der Waals surface area contributed by atoms with Crippen LogP contribution in [0.15, 0.2) is 23.0 Å². The highest BCUT2D eigenvalue weighted by atomic mass is 127. The highest BCUT2D eigenvalue weighted by Crippen LogP contribution is 2.40. The van der Waals surface area contributed by atoms with E-state index in [1.807, 2.05) is 6.92 Å². The summed E-state index contributed by atoms with van der Waals surface area (Å²) in [4.78, 5) is 43.2. The summed E-state index contributed by atoms with van der Waals surface area (Å²) in [5, 5.41) is 17.7. The van der Waals surface area contributed by atoms with Gasteiger partial charge in [0.2, 0.25) is 5.91 Å². The predicted molar refractivity (Wildman–Crippen MR) is 149 cm³/mol. The molecule has 2 aliphatic heterocycles. The second-order valence-electron chi connectivity index (χ2n) is 9.73. The van der Waals surface area contributed by atoms with Crippen LogP contribution in [-0.4, -0.2) is 43.9 Å². The Bertz CT molecular complexity index is 1570. The van der Waals surface area contributed by atoms with Crippen molar-refractivity contribution in [1.82, 2.24) is 20.2 Å². The standard InChI is InChI=1S/C27H28FIN4O6/c1-4-27(37)19-6-22-24-17(9-33(22)25(35)18(19)10-39-26(27)36)16(8-30-23(34)11-38-12-31-14(3)29)15-5-13(2)20(28)7-21(15)32-24/h5-7,14,31,37H,4,8-12H2,1-3H3,(H,30,34)/t14?,27-/m0/s1. The summed E-state index contributed by atoms with van der Waals surface area (Å²) in [7, 11) is 0. The number of hydrogen-bond donors (Lipinski definition) is 3. The number of benzene rings is 1. The van der Waals surface area contributed by atoms with E-state index in [4.69, 9.17) is 14.5 Å². The summed E-state index contributed by atoms with van der Waals surface area (Å²) < 4.78 is 26.8. The molecule has 2 aromatic heterocycles. The number of aryl methyl sites for hydroxylation is 1. The van der Waals surface area contributed by atoms with E-state index < -0.39 is 22.9 Å². The molecule has 0 spiro atoms. The zero-order chi connectivity index (χ0) is 28.1. The maximum Gasteiger partial charge on any atom is 0.343 e. The lowest BCUT2D eigenvalue weighted by Gasteiger charge is -2.31. The number of carbonyl (C=O) groups is 2. The Morgan fingerprint density at radius 1 is 1.33 bits per heavy atom. The van der Waals surface area contributed by atoms with E-state index in [0.29, 0.717) is 39.0 Å². The SMILES string of the molecule is CC[C@@]1(O)C(=O)OCc2c1cc1n(c2=O)Cc2c-1nc1cc(F)c(C)cc1c2CNC(=O)COCNC(C)I. The molecule has 39 heavy (non-hydrogen) atoms. The number of rotatable bonds is 8. The molecule has 2 aliphatic rings. The topological polar surface area (TPSA) is 132 Å². The monoisotopic (exact) mass is 650 g/mol. The molecule has 0 fully saturated rings. The van der Waals surface area contributed by atoms with Gasteiger partial charge in [-0.3, -0.25) is 14.9 Å². The summed E-state index contributed by atoms with van der Waals surface area (Å²) in [6.07, 6.45) is 0.0237. The maximum atomic E-state index is 14.6. The molecule has 0 bridgehead atoms. The number of halogens is 2. The molecule has 0 saturated heterocycles. The van der Waals surface area contributed by atoms with Gasteiger partial charge in [0.25, 0.3) is 5.56 Å². The number of cyclic esters (lactones) is 1. The Balaban J connectivity index is 1.58. The first kappa shape index (κ1) is 27.6. The molecule has 3 N–H and O–H groups in total. The van der Waals surface area contributed by atoms with Gasteiger partial charge in [0, 0.05) is 29.1 Å². The van der Waals surface area contributed by atoms with Gasteiger partial charge in [-0.1, -0.05) is 29.5 Å². The Labute approximate surface area is 237 Å². The van der Waals surface area contributed by atoms with Crippen LogP contribution in [-0.2, 0) is 44.4 Å². The van der Waals surface area contributed by atoms with E-state index in [0.717, 1.165) is 0 Å². The minimum atomic E-state index is -1.95. The molecule has 0 aliphatic carbocycles. The van der Waals surface area contributed by atoms with E-state index in [-0.39, 0.29) is 60.5 Å². The van der Waals surface area contributed by atoms with Gasteiger partial charge in [0.05, 0.1) is 39.8 Å². The van der Waals surface area contributed by atoms with Crippen LogP contribution in [0.2, 0.25) is 0 Å². The molecular formula is C27H28FIN4O6. The van der Waals surface area contributed by atoms with Crippen molar-refractivity contribution in [2.45, 2.75) is 56.5 Å². The Morgan fingerprint density at radius 3 is 2.82 bits per heavy atom. The molecule has 1 aromatic carbocycles. The van der Waals surface area contributed by atoms with E-state index in [9.17, 15) is 23.9 Å². The van der Waals surface area contributed by atoms with Crippen molar-refractivity contribution in [3.05, 3.63) is 62.2 Å². The van der Waals surface area contributed by atoms with Gasteiger partial charge in [-0.15, -0.1) is 0 Å². The number of fused-ring (bicyclic) bond motifs is 5. The number of nitrogens with zero attached hydrogens (tertiary/aromatic N) is 2. The average Bonchev–Trinajstić information content (AvgIpc) is 3.26. The molecule has 12 heteroatoms. The van der Waals surface area contributed by atoms with Crippen LogP contribution in [0.3, 0.4) is 0 Å². The number of amides is 1. The van der Waals surface area contributed by atoms with E-state index in [1.54, 1.807) is 26.0 Å². The van der Waals surface area contributed by atoms with Gasteiger partial charge in [-0.2, -0.15) is 0 Å². The van der Waals surface area contributed by atoms with Crippen molar-refractivity contribution in [1.29, 1.82) is 0 Å². The van der Waals surface area contributed by atoms with Gasteiger partial charge in [0.1, 0.15) is 19.0 Å². The molecule has 3 aromatic rings. The fraction of sp³-hybridized carbons (Fsp3) is 0.407. The van der Waals surface area contributed by atoms with Crippen LogP contribution in [0.25, 0.3) is 22.3 Å². The number of nitrogens with one attached hydrogen (secondary N) is 2. The molecule has 0 radical (unpaired) electrons. The van der Waals surface area contributed by atoms with Crippen molar-refractivity contribution >= 4 is 45.4 Å². The number of alkyl halides is 1. The van der Waals surface area contributed by atoms with Crippen molar-refractivity contribution in [2.24, 2.45) is 0 Å². The third kappa shape index (κ3) is 4.83. The third-order valence-electron chi connectivity index (χ3n) is 7.25. The summed E-state index contributed by atoms with van der Waals surface area (Å²) in [6.45, 7) is 5.34. The molecule has 206 valence electrons. The molecular weight excluding hydrogens is 622 g/mol. The van der Waals surface area contributed by atoms with Gasteiger partial charge >= 0.3 is 5.97 Å². The Morgan fingerprint density at radius 2 is 2.10 bits per heavy atom. The predicted octanol–water partition coefficient (Wildman–Crippen LogP) is 2.49. The smallest absolute Gasteiger partial charge is 0.343 e. The quantitative estimate of drug-likeness (QED) is 0.0663. The molecule has 5 rings (SSSR count). The zero-order valence-corrected chi connectivity index (χ0v) is 23.8. The first-order valence-electron chi connectivity index (χ1n) is 12.6. The molecule has 2 atom stereocenters. The molecule has 1 amide bonds. The van der Waals surface area contributed by atoms with Crippen LogP contribution in [0.1, 0.15) is 48.1 Å². The maximum absolute atomic E-state index is 14.6. The van der Waals surface area contributed by atoms with Crippen molar-refractivity contribution < 1.29 is 28.6 Å². The minimum Gasteiger partial charge on any atom is -0.458 e. The lowest BCUT2D eigenvalue weighted by Crippen LogP contribution is -2.44. The highest BCUT2D eigenvalue weighted by molar-refractivity contribution is 14.1. The fourth-order valence-electron chi connectivity index (χ4n) is 5.05. The zero-order valence-electron chi connectivity index (χ0n) is 21.7. The minimum absolute atomic E-state index is 0.0237. The number of ether oxygens (including phenoxy) is 2. The summed E-state index contributed by atoms with van der Waals surface area (Å²) in [5.74, 6) is -1.57. The summed E-state index contributed by atoms with van der Waals surface area (Å²) >= 11 is 2.19. The number of esters is 1. The first-order valence-corrected chi connectivity index (χ1v) is 13.8. The van der Waals surface area contributed by atoms with Crippen LogP contribution in [0.4, 0.5) is 4.39 Å². The van der Waals surface area contributed by atoms with Crippen molar-refractivity contribution in [2.75, 3.05) is 13.3 Å². The van der Waals surface area contributed by atoms with Crippen LogP contribution in [0, 0.1) is 12.7 Å². The third-order valence-corrected chi connectivity index (χ3v) is 7.69. The van der Waals surface area contributed by atoms with E-state index in [2.05, 4.69) is 33.2 Å². The molecule has 0 saturated carbocycles. The molecule has 1 unspecified atom stereocenters. The largest absolute Gasteiger partial charge is 0.458 e. The molecule has 10 nitrogen and oxygen atoms in total. The lowest BCUT2D eigenvalue weighted by molar-refractivity contribution is -0.172. The number of hydrogen-bond acceptors (Lipinski definition) is 8. The van der Waals surface area contributed by atoms with Crippen LogP contribution >= 0.6 is 22.6 Å². The van der Waals surface area contributed by atoms with Gasteiger partial charge in [0.15, 0.2) is 5.60 Å². The second-order valence-corrected chi connectivity index (χ2v) is 11.6. The summed E-state index contributed by atoms with van der Waals surface area (Å²) in [6, 6.07) is 4.61. The summed E-state index contributed by atoms with van der Waals surface area (Å²) in [5.41, 5.74) is 1.08. The van der Waals surface area contributed by atoms with Crippen LogP contribution in [0.5, 0.6) is 0 Å². The first-order chi connectivity index (χ1) is 18.5. The number of pyridine rings is 2. The Hall–Kier alpha value is -2.94. The number of aliphatic hydroxyl groups is 1. The lowest BCUT2D eigenvalue weighted by atomic mass is 9.86. The van der Waals surface area contributed by atoms with Crippen molar-refractivity contribution in [3.8, 4) is 11.4 Å².